The summed E-state index contributed by atoms with van der Waals surface area (Å²) in [5, 5.41) is 19.0. The third-order valence-electron chi connectivity index (χ3n) is 12.9. The highest BCUT2D eigenvalue weighted by Crippen LogP contribution is 2.42. The Hall–Kier alpha value is -5.07. The number of aliphatic hydroxyl groups excluding tert-OH is 1. The summed E-state index contributed by atoms with van der Waals surface area (Å²) in [5.41, 5.74) is 12.6. The van der Waals surface area contributed by atoms with E-state index in [0.717, 1.165) is 59.1 Å². The fourth-order valence-electron chi connectivity index (χ4n) is 9.63. The van der Waals surface area contributed by atoms with Crippen LogP contribution in [0.15, 0.2) is 97.1 Å². The lowest BCUT2D eigenvalue weighted by molar-refractivity contribution is -0.255. The van der Waals surface area contributed by atoms with Gasteiger partial charge in [0.2, 0.25) is 17.7 Å². The van der Waals surface area contributed by atoms with Crippen molar-refractivity contribution in [1.29, 1.82) is 0 Å². The molecule has 1 aliphatic carbocycles. The van der Waals surface area contributed by atoms with Gasteiger partial charge in [-0.2, -0.15) is 0 Å². The van der Waals surface area contributed by atoms with E-state index in [4.69, 9.17) is 15.2 Å². The molecule has 11 heteroatoms. The number of carbonyl (C=O) groups is 3. The molecule has 1 saturated carbocycles. The minimum atomic E-state index is -0.624. The van der Waals surface area contributed by atoms with Gasteiger partial charge in [0.15, 0.2) is 6.29 Å². The van der Waals surface area contributed by atoms with E-state index < -0.39 is 6.29 Å². The van der Waals surface area contributed by atoms with Gasteiger partial charge in [0, 0.05) is 49.5 Å². The summed E-state index contributed by atoms with van der Waals surface area (Å²) in [7, 11) is 0. The number of carbonyl (C=O) groups excluding carboxylic acids is 3. The molecule has 3 fully saturated rings. The second-order valence-electron chi connectivity index (χ2n) is 18.7. The van der Waals surface area contributed by atoms with Crippen molar-refractivity contribution in [2.75, 3.05) is 17.6 Å². The number of hydrogen-bond acceptors (Lipinski definition) is 8. The quantitative estimate of drug-likeness (QED) is 0.0552. The van der Waals surface area contributed by atoms with Crippen LogP contribution in [0, 0.1) is 5.92 Å². The fourth-order valence-corrected chi connectivity index (χ4v) is 9.63. The fraction of sp³-hybridized carbons (Fsp3) is 0.481. The number of nitrogen functional groups attached to an aromatic ring is 1. The summed E-state index contributed by atoms with van der Waals surface area (Å²) in [6.45, 7) is 7.16. The van der Waals surface area contributed by atoms with Crippen molar-refractivity contribution in [1.82, 2.24) is 15.5 Å². The number of amides is 3. The smallest absolute Gasteiger partial charge is 0.237 e. The zero-order valence-electron chi connectivity index (χ0n) is 37.3. The average molecular weight is 858 g/mol. The zero-order valence-corrected chi connectivity index (χ0v) is 37.3. The molecule has 4 aromatic carbocycles. The molecule has 11 nitrogen and oxygen atoms in total. The molecule has 6 N–H and O–H groups in total. The van der Waals surface area contributed by atoms with E-state index in [0.29, 0.717) is 68.5 Å². The highest BCUT2D eigenvalue weighted by atomic mass is 16.7. The molecule has 0 spiro atoms. The molecule has 2 heterocycles. The highest BCUT2D eigenvalue weighted by molar-refractivity contribution is 5.93. The molecule has 7 rings (SSSR count). The first-order chi connectivity index (χ1) is 30.4. The SMILES string of the molecule is CC(C)(C)NC(=O)C1CCC2CCCCC2N1CC1CC(c2ccc(CO)cc2)OC(c2ccc(-c3ccccc3CNC(=O)CCCCCC(=O)Nc3ccccc3N)cc2)O1. The molecule has 336 valence electrons. The number of likely N-dealkylation sites (tertiary alicyclic amines) is 1. The van der Waals surface area contributed by atoms with Crippen molar-refractivity contribution < 1.29 is 29.0 Å². The van der Waals surface area contributed by atoms with Crippen LogP contribution in [0.2, 0.25) is 0 Å². The minimum absolute atomic E-state index is 0.0203. The summed E-state index contributed by atoms with van der Waals surface area (Å²) >= 11 is 0. The van der Waals surface area contributed by atoms with Crippen LogP contribution in [0.5, 0.6) is 0 Å². The summed E-state index contributed by atoms with van der Waals surface area (Å²) < 4.78 is 13.7. The molecular formula is C52H67N5O6. The number of para-hydroxylation sites is 2. The van der Waals surface area contributed by atoms with E-state index in [1.165, 1.54) is 19.3 Å². The molecule has 63 heavy (non-hydrogen) atoms. The summed E-state index contributed by atoms with van der Waals surface area (Å²) in [6.07, 6.45) is 9.21. The molecule has 0 bridgehead atoms. The van der Waals surface area contributed by atoms with E-state index in [2.05, 4.69) is 51.2 Å². The predicted octanol–water partition coefficient (Wildman–Crippen LogP) is 9.12. The normalized spacial score (nSPS) is 22.7. The van der Waals surface area contributed by atoms with Gasteiger partial charge in [-0.25, -0.2) is 0 Å². The average Bonchev–Trinajstić information content (AvgIpc) is 3.28. The van der Waals surface area contributed by atoms with Crippen molar-refractivity contribution in [3.05, 3.63) is 119 Å². The van der Waals surface area contributed by atoms with Crippen molar-refractivity contribution in [3.8, 4) is 11.1 Å². The molecule has 2 saturated heterocycles. The lowest BCUT2D eigenvalue weighted by Gasteiger charge is -2.50. The van der Waals surface area contributed by atoms with Crippen molar-refractivity contribution in [3.63, 3.8) is 0 Å². The second-order valence-corrected chi connectivity index (χ2v) is 18.7. The molecule has 2 aliphatic heterocycles. The molecule has 6 atom stereocenters. The number of benzene rings is 4. The van der Waals surface area contributed by atoms with Gasteiger partial charge in [0.05, 0.1) is 36.2 Å². The summed E-state index contributed by atoms with van der Waals surface area (Å²) in [6, 6.07) is 31.7. The molecule has 0 aromatic heterocycles. The molecule has 6 unspecified atom stereocenters. The number of nitrogens with zero attached hydrogens (tertiary/aromatic N) is 1. The predicted molar refractivity (Wildman–Crippen MR) is 248 cm³/mol. The number of nitrogens with two attached hydrogens (primary N) is 1. The first-order valence-corrected chi connectivity index (χ1v) is 23.1. The molecular weight excluding hydrogens is 791 g/mol. The summed E-state index contributed by atoms with van der Waals surface area (Å²) in [5.74, 6) is 0.594. The van der Waals surface area contributed by atoms with Crippen LogP contribution in [-0.4, -0.2) is 58.0 Å². The van der Waals surface area contributed by atoms with E-state index >= 15 is 0 Å². The monoisotopic (exact) mass is 858 g/mol. The minimum Gasteiger partial charge on any atom is -0.397 e. The van der Waals surface area contributed by atoms with Crippen LogP contribution in [0.25, 0.3) is 11.1 Å². The van der Waals surface area contributed by atoms with Gasteiger partial charge in [-0.3, -0.25) is 19.3 Å². The largest absolute Gasteiger partial charge is 0.397 e. The Balaban J connectivity index is 0.996. The first-order valence-electron chi connectivity index (χ1n) is 23.1. The van der Waals surface area contributed by atoms with Gasteiger partial charge in [-0.15, -0.1) is 0 Å². The van der Waals surface area contributed by atoms with Gasteiger partial charge in [0.1, 0.15) is 0 Å². The van der Waals surface area contributed by atoms with Crippen molar-refractivity contribution in [2.24, 2.45) is 5.92 Å². The first kappa shape index (κ1) is 45.9. The molecule has 3 aliphatic rings. The summed E-state index contributed by atoms with van der Waals surface area (Å²) in [4.78, 5) is 41.6. The van der Waals surface area contributed by atoms with Gasteiger partial charge in [-0.05, 0) is 105 Å². The Kier molecular flexibility index (Phi) is 15.7. The van der Waals surface area contributed by atoms with E-state index in [1.54, 1.807) is 12.1 Å². The Bertz CT molecular complexity index is 2140. The lowest BCUT2D eigenvalue weighted by atomic mass is 9.75. The molecule has 4 aromatic rings. The van der Waals surface area contributed by atoms with Crippen LogP contribution in [0.3, 0.4) is 0 Å². The van der Waals surface area contributed by atoms with E-state index in [1.807, 2.05) is 75.4 Å². The van der Waals surface area contributed by atoms with Crippen molar-refractivity contribution in [2.45, 2.75) is 147 Å². The number of ether oxygens (including phenoxy) is 2. The van der Waals surface area contributed by atoms with Gasteiger partial charge in [0.25, 0.3) is 0 Å². The third kappa shape index (κ3) is 12.6. The van der Waals surface area contributed by atoms with E-state index in [-0.39, 0.29) is 48.1 Å². The standard InChI is InChI=1S/C52H67N5O6/c1-52(2,3)56-50(61)46-30-29-37-13-8-12-18-45(37)57(46)33-41-31-47(38-23-21-35(34-58)22-24-38)63-51(62-41)39-27-25-36(26-28-39)42-15-9-7-14-40(42)32-54-48(59)19-5-4-6-20-49(60)55-44-17-11-10-16-43(44)53/h7,9-11,14-17,21-28,37,41,45-47,51,58H,4-6,8,12-13,18-20,29-34,53H2,1-3H3,(H,54,59)(H,55,60)(H,56,61). The number of nitrogens with one attached hydrogen (secondary N) is 3. The Labute approximate surface area is 373 Å². The maximum Gasteiger partial charge on any atom is 0.237 e. The lowest BCUT2D eigenvalue weighted by Crippen LogP contribution is -2.61. The van der Waals surface area contributed by atoms with Gasteiger partial charge >= 0.3 is 0 Å². The Morgan fingerprint density at radius 2 is 1.48 bits per heavy atom. The van der Waals surface area contributed by atoms with Crippen LogP contribution < -0.4 is 21.7 Å². The topological polar surface area (TPSA) is 155 Å². The van der Waals surface area contributed by atoms with Crippen LogP contribution in [0.1, 0.15) is 132 Å². The number of fused-ring (bicyclic) bond motifs is 1. The maximum atomic E-state index is 13.9. The van der Waals surface area contributed by atoms with Gasteiger partial charge < -0.3 is 36.3 Å². The number of aliphatic hydroxyl groups is 1. The van der Waals surface area contributed by atoms with E-state index in [9.17, 15) is 19.5 Å². The second kappa shape index (κ2) is 21.5. The number of rotatable bonds is 16. The number of hydrogen-bond donors (Lipinski definition) is 5. The number of anilines is 2. The number of unbranched alkanes of at least 4 members (excludes halogenated alkanes) is 2. The Morgan fingerprint density at radius 1 is 0.778 bits per heavy atom. The third-order valence-corrected chi connectivity index (χ3v) is 12.9. The highest BCUT2D eigenvalue weighted by Gasteiger charge is 2.44. The van der Waals surface area contributed by atoms with Crippen molar-refractivity contribution >= 4 is 29.1 Å². The van der Waals surface area contributed by atoms with Crippen LogP contribution >= 0.6 is 0 Å². The maximum absolute atomic E-state index is 13.9. The van der Waals surface area contributed by atoms with Crippen LogP contribution in [0.4, 0.5) is 11.4 Å². The zero-order chi connectivity index (χ0) is 44.3. The Morgan fingerprint density at radius 3 is 2.22 bits per heavy atom. The molecule has 0 radical (unpaired) electrons. The van der Waals surface area contributed by atoms with Gasteiger partial charge in [-0.1, -0.05) is 104 Å². The molecule has 3 amide bonds. The van der Waals surface area contributed by atoms with Crippen LogP contribution in [-0.2, 0) is 37.0 Å². The number of piperidine rings is 1.